The first-order valence-electron chi connectivity index (χ1n) is 11.6. The minimum atomic E-state index is 0.103. The molecule has 0 spiro atoms. The van der Waals surface area contributed by atoms with E-state index in [0.717, 1.165) is 81.1 Å². The average Bonchev–Trinajstić information content (AvgIpc) is 2.79. The van der Waals surface area contributed by atoms with Gasteiger partial charge < -0.3 is 15.1 Å². The van der Waals surface area contributed by atoms with Crippen LogP contribution in [0.1, 0.15) is 75.9 Å². The number of fused-ring (bicyclic) bond motifs is 1. The molecule has 7 heteroatoms. The zero-order valence-electron chi connectivity index (χ0n) is 19.3. The Morgan fingerprint density at radius 3 is 2.35 bits per heavy atom. The molecular weight excluding hydrogens is 390 g/mol. The maximum Gasteiger partial charge on any atom is 0.226 e. The predicted molar refractivity (Wildman–Crippen MR) is 121 cm³/mol. The van der Waals surface area contributed by atoms with E-state index < -0.39 is 0 Å². The zero-order valence-corrected chi connectivity index (χ0v) is 19.3. The van der Waals surface area contributed by atoms with E-state index in [1.165, 1.54) is 11.1 Å². The number of hydrogen-bond donors (Lipinski definition) is 1. The molecule has 0 bridgehead atoms. The highest BCUT2D eigenvalue weighted by Crippen LogP contribution is 2.33. The van der Waals surface area contributed by atoms with Gasteiger partial charge in [0.1, 0.15) is 11.6 Å². The maximum atomic E-state index is 13.3. The average molecular weight is 426 g/mol. The Hall–Kier alpha value is -2.44. The Balaban J connectivity index is 1.51. The Morgan fingerprint density at radius 2 is 1.71 bits per heavy atom. The number of nitrogens with zero attached hydrogens (tertiary/aromatic N) is 4. The first-order valence-corrected chi connectivity index (χ1v) is 11.6. The Morgan fingerprint density at radius 1 is 0.968 bits per heavy atom. The van der Waals surface area contributed by atoms with Crippen LogP contribution < -0.4 is 5.32 Å². The summed E-state index contributed by atoms with van der Waals surface area (Å²) in [6.45, 7) is 8.80. The van der Waals surface area contributed by atoms with Crippen molar-refractivity contribution in [2.45, 2.75) is 71.8 Å². The lowest BCUT2D eigenvalue weighted by Gasteiger charge is -2.34. The molecule has 0 saturated carbocycles. The minimum absolute atomic E-state index is 0.103. The van der Waals surface area contributed by atoms with Gasteiger partial charge in [0.2, 0.25) is 11.8 Å². The number of piperidine rings is 1. The van der Waals surface area contributed by atoms with Crippen molar-refractivity contribution in [2.75, 3.05) is 32.0 Å². The highest BCUT2D eigenvalue weighted by molar-refractivity contribution is 5.80. The molecule has 3 heterocycles. The second kappa shape index (κ2) is 8.97. The summed E-state index contributed by atoms with van der Waals surface area (Å²) in [5.41, 5.74) is 4.95. The largest absolute Gasteiger partial charge is 0.373 e. The van der Waals surface area contributed by atoms with Crippen molar-refractivity contribution in [1.29, 1.82) is 0 Å². The SMILES string of the molecule is CNc1nc(C2CCN(C(C)=O)CC2)nc2c1CCN(C(=O)[C@@H]1CCC(C)=C(C)C1)C2. The number of allylic oxidation sites excluding steroid dienone is 2. The number of carbonyl (C=O) groups excluding carboxylic acids is 2. The molecule has 1 fully saturated rings. The number of carbonyl (C=O) groups is 2. The van der Waals surface area contributed by atoms with Crippen LogP contribution in [0.25, 0.3) is 0 Å². The van der Waals surface area contributed by atoms with Crippen LogP contribution >= 0.6 is 0 Å². The molecule has 2 aliphatic heterocycles. The summed E-state index contributed by atoms with van der Waals surface area (Å²) in [6.07, 6.45) is 5.44. The number of likely N-dealkylation sites (tertiary alicyclic amines) is 1. The van der Waals surface area contributed by atoms with E-state index in [2.05, 4.69) is 19.2 Å². The number of rotatable bonds is 3. The van der Waals surface area contributed by atoms with Crippen molar-refractivity contribution in [2.24, 2.45) is 5.92 Å². The van der Waals surface area contributed by atoms with Crippen molar-refractivity contribution >= 4 is 17.6 Å². The van der Waals surface area contributed by atoms with Crippen LogP contribution in [-0.2, 0) is 22.6 Å². The van der Waals surface area contributed by atoms with Crippen LogP contribution in [0.3, 0.4) is 0 Å². The van der Waals surface area contributed by atoms with Gasteiger partial charge in [-0.05, 0) is 52.4 Å². The van der Waals surface area contributed by atoms with E-state index in [-0.39, 0.29) is 23.7 Å². The van der Waals surface area contributed by atoms with Gasteiger partial charge in [0.25, 0.3) is 0 Å². The Bertz CT molecular complexity index is 901. The summed E-state index contributed by atoms with van der Waals surface area (Å²) in [5, 5.41) is 3.25. The second-order valence-corrected chi connectivity index (χ2v) is 9.40. The van der Waals surface area contributed by atoms with E-state index in [1.54, 1.807) is 6.92 Å². The lowest BCUT2D eigenvalue weighted by atomic mass is 9.84. The van der Waals surface area contributed by atoms with E-state index in [4.69, 9.17) is 9.97 Å². The van der Waals surface area contributed by atoms with Gasteiger partial charge in [-0.15, -0.1) is 0 Å². The van der Waals surface area contributed by atoms with Gasteiger partial charge in [-0.1, -0.05) is 11.1 Å². The standard InChI is InChI=1S/C24H35N5O2/c1-15-5-6-19(13-16(15)2)24(31)29-12-9-20-21(14-29)26-22(27-23(20)25-4)18-7-10-28(11-8-18)17(3)30/h18-19H,5-14H2,1-4H3,(H,25,26,27)/t19-/m1/s1. The van der Waals surface area contributed by atoms with Crippen LogP contribution in [0.2, 0.25) is 0 Å². The molecule has 2 amide bonds. The quantitative estimate of drug-likeness (QED) is 0.752. The number of nitrogens with one attached hydrogen (secondary N) is 1. The number of amides is 2. The normalized spacial score (nSPS) is 22.4. The van der Waals surface area contributed by atoms with Crippen molar-refractivity contribution in [3.8, 4) is 0 Å². The van der Waals surface area contributed by atoms with Gasteiger partial charge in [-0.2, -0.15) is 0 Å². The van der Waals surface area contributed by atoms with E-state index in [1.807, 2.05) is 16.8 Å². The number of aromatic nitrogens is 2. The predicted octanol–water partition coefficient (Wildman–Crippen LogP) is 3.27. The van der Waals surface area contributed by atoms with Gasteiger partial charge >= 0.3 is 0 Å². The first kappa shape index (κ1) is 21.8. The van der Waals surface area contributed by atoms with Crippen molar-refractivity contribution in [3.05, 3.63) is 28.2 Å². The highest BCUT2D eigenvalue weighted by atomic mass is 16.2. The molecule has 1 aromatic heterocycles. The van der Waals surface area contributed by atoms with Gasteiger partial charge in [0.15, 0.2) is 0 Å². The van der Waals surface area contributed by atoms with E-state index >= 15 is 0 Å². The Kier molecular flexibility index (Phi) is 6.30. The molecule has 1 aromatic rings. The molecule has 7 nitrogen and oxygen atoms in total. The molecule has 0 aromatic carbocycles. The Labute approximate surface area is 185 Å². The van der Waals surface area contributed by atoms with E-state index in [9.17, 15) is 9.59 Å². The third kappa shape index (κ3) is 4.46. The molecular formula is C24H35N5O2. The van der Waals surface area contributed by atoms with Crippen molar-refractivity contribution < 1.29 is 9.59 Å². The summed E-state index contributed by atoms with van der Waals surface area (Å²) in [7, 11) is 1.90. The van der Waals surface area contributed by atoms with Crippen LogP contribution in [0, 0.1) is 5.92 Å². The van der Waals surface area contributed by atoms with Crippen LogP contribution in [-0.4, -0.2) is 58.3 Å². The smallest absolute Gasteiger partial charge is 0.226 e. The van der Waals surface area contributed by atoms with Crippen molar-refractivity contribution in [1.82, 2.24) is 19.8 Å². The number of anilines is 1. The van der Waals surface area contributed by atoms with Gasteiger partial charge in [-0.25, -0.2) is 9.97 Å². The molecule has 1 N–H and O–H groups in total. The molecule has 1 aliphatic carbocycles. The monoisotopic (exact) mass is 425 g/mol. The summed E-state index contributed by atoms with van der Waals surface area (Å²) in [6, 6.07) is 0. The fraction of sp³-hybridized carbons (Fsp3) is 0.667. The molecule has 168 valence electrons. The van der Waals surface area contributed by atoms with Crippen molar-refractivity contribution in [3.63, 3.8) is 0 Å². The summed E-state index contributed by atoms with van der Waals surface area (Å²) in [4.78, 5) is 38.6. The minimum Gasteiger partial charge on any atom is -0.373 e. The number of hydrogen-bond acceptors (Lipinski definition) is 5. The highest BCUT2D eigenvalue weighted by Gasteiger charge is 2.32. The maximum absolute atomic E-state index is 13.3. The summed E-state index contributed by atoms with van der Waals surface area (Å²) >= 11 is 0. The molecule has 1 atom stereocenters. The molecule has 0 unspecified atom stereocenters. The second-order valence-electron chi connectivity index (χ2n) is 9.40. The van der Waals surface area contributed by atoms with Crippen LogP contribution in [0.15, 0.2) is 11.1 Å². The molecule has 1 saturated heterocycles. The third-order valence-electron chi connectivity index (χ3n) is 7.43. The third-order valence-corrected chi connectivity index (χ3v) is 7.43. The fourth-order valence-corrected chi connectivity index (χ4v) is 5.20. The van der Waals surface area contributed by atoms with Gasteiger partial charge in [0.05, 0.1) is 12.2 Å². The molecule has 31 heavy (non-hydrogen) atoms. The lowest BCUT2D eigenvalue weighted by molar-refractivity contribution is -0.137. The summed E-state index contributed by atoms with van der Waals surface area (Å²) in [5.74, 6) is 2.52. The van der Waals surface area contributed by atoms with Crippen LogP contribution in [0.4, 0.5) is 5.82 Å². The molecule has 3 aliphatic rings. The summed E-state index contributed by atoms with van der Waals surface area (Å²) < 4.78 is 0. The molecule has 4 rings (SSSR count). The van der Waals surface area contributed by atoms with E-state index in [0.29, 0.717) is 6.54 Å². The van der Waals surface area contributed by atoms with Gasteiger partial charge in [-0.3, -0.25) is 9.59 Å². The van der Waals surface area contributed by atoms with Gasteiger partial charge in [0, 0.05) is 51.0 Å². The van der Waals surface area contributed by atoms with Crippen LogP contribution in [0.5, 0.6) is 0 Å². The lowest BCUT2D eigenvalue weighted by Crippen LogP contribution is -2.41. The molecule has 0 radical (unpaired) electrons. The fourth-order valence-electron chi connectivity index (χ4n) is 5.20. The zero-order chi connectivity index (χ0) is 22.1. The first-order chi connectivity index (χ1) is 14.9. The topological polar surface area (TPSA) is 78.4 Å².